The van der Waals surface area contributed by atoms with Crippen LogP contribution in [-0.4, -0.2) is 18.4 Å². The van der Waals surface area contributed by atoms with Gasteiger partial charge in [-0.15, -0.1) is 0 Å². The van der Waals surface area contributed by atoms with Crippen molar-refractivity contribution in [1.82, 2.24) is 0 Å². The monoisotopic (exact) mass is 255 g/mol. The molecule has 1 aromatic carbocycles. The van der Waals surface area contributed by atoms with Crippen LogP contribution in [0.4, 0.5) is 13.2 Å². The van der Waals surface area contributed by atoms with Gasteiger partial charge in [-0.2, -0.15) is 13.2 Å². The second-order valence-electron chi connectivity index (χ2n) is 3.03. The predicted octanol–water partition coefficient (Wildman–Crippen LogP) is 2.62. The molecule has 0 fully saturated rings. The molecule has 3 nitrogen and oxygen atoms in total. The van der Waals surface area contributed by atoms with Gasteiger partial charge in [0.2, 0.25) is 0 Å². The number of halogens is 4. The van der Waals surface area contributed by atoms with E-state index in [1.54, 1.807) is 0 Å². The van der Waals surface area contributed by atoms with Crippen LogP contribution in [0.25, 0.3) is 0 Å². The third-order valence-electron chi connectivity index (χ3n) is 2.01. The first-order chi connectivity index (χ1) is 7.29. The topological polar surface area (TPSA) is 55.5 Å². The van der Waals surface area contributed by atoms with Gasteiger partial charge in [-0.25, -0.2) is 0 Å². The van der Waals surface area contributed by atoms with Crippen molar-refractivity contribution in [2.45, 2.75) is 12.2 Å². The van der Waals surface area contributed by atoms with E-state index in [9.17, 15) is 18.3 Å². The number of methoxy groups -OCH3 is 1. The van der Waals surface area contributed by atoms with E-state index in [1.165, 1.54) is 19.2 Å². The summed E-state index contributed by atoms with van der Waals surface area (Å²) in [6.45, 7) is 0. The third-order valence-corrected chi connectivity index (χ3v) is 2.32. The first kappa shape index (κ1) is 12.9. The highest BCUT2D eigenvalue weighted by molar-refractivity contribution is 6.32. The third kappa shape index (κ3) is 2.33. The van der Waals surface area contributed by atoms with Gasteiger partial charge in [0.05, 0.1) is 17.7 Å². The van der Waals surface area contributed by atoms with Crippen molar-refractivity contribution >= 4 is 11.6 Å². The van der Waals surface area contributed by atoms with Gasteiger partial charge >= 0.3 is 6.18 Å². The first-order valence-corrected chi connectivity index (χ1v) is 4.54. The van der Waals surface area contributed by atoms with Gasteiger partial charge in [-0.05, 0) is 12.1 Å². The second kappa shape index (κ2) is 4.39. The minimum atomic E-state index is -4.69. The van der Waals surface area contributed by atoms with E-state index in [2.05, 4.69) is 0 Å². The summed E-state index contributed by atoms with van der Waals surface area (Å²) in [6, 6.07) is 0.0897. The van der Waals surface area contributed by atoms with Gasteiger partial charge in [-0.3, -0.25) is 0 Å². The van der Waals surface area contributed by atoms with Gasteiger partial charge in [0, 0.05) is 0 Å². The molecule has 0 aliphatic rings. The molecule has 90 valence electrons. The molecule has 3 N–H and O–H groups in total. The Hall–Kier alpha value is -1.14. The Labute approximate surface area is 94.6 Å². The van der Waals surface area contributed by atoms with Crippen LogP contribution in [0.5, 0.6) is 11.5 Å². The number of nitrogens with two attached hydrogens (primary N) is 1. The number of hydrogen-bond acceptors (Lipinski definition) is 3. The molecular formula is C9H9ClF3NO2. The fourth-order valence-corrected chi connectivity index (χ4v) is 1.37. The molecule has 0 bridgehead atoms. The second-order valence-corrected chi connectivity index (χ2v) is 3.44. The highest BCUT2D eigenvalue weighted by Crippen LogP contribution is 2.43. The maximum atomic E-state index is 12.4. The molecule has 0 aromatic heterocycles. The molecule has 0 saturated carbocycles. The van der Waals surface area contributed by atoms with Gasteiger partial charge in [0.25, 0.3) is 0 Å². The summed E-state index contributed by atoms with van der Waals surface area (Å²) in [5, 5.41) is 9.24. The molecule has 1 aromatic rings. The van der Waals surface area contributed by atoms with Crippen LogP contribution in [-0.2, 0) is 0 Å². The molecular weight excluding hydrogens is 247 g/mol. The maximum absolute atomic E-state index is 12.4. The van der Waals surface area contributed by atoms with Gasteiger partial charge in [0.15, 0.2) is 0 Å². The van der Waals surface area contributed by atoms with Crippen LogP contribution in [0.1, 0.15) is 11.6 Å². The number of alkyl halides is 3. The maximum Gasteiger partial charge on any atom is 0.407 e. The Morgan fingerprint density at radius 3 is 2.44 bits per heavy atom. The van der Waals surface area contributed by atoms with Crippen LogP contribution in [0, 0.1) is 0 Å². The molecule has 1 atom stereocenters. The Bertz CT molecular complexity index is 395. The normalized spacial score (nSPS) is 13.6. The molecule has 0 unspecified atom stereocenters. The highest BCUT2D eigenvalue weighted by Gasteiger charge is 2.41. The zero-order chi connectivity index (χ0) is 12.5. The molecule has 0 saturated heterocycles. The van der Waals surface area contributed by atoms with Crippen molar-refractivity contribution in [3.05, 3.63) is 22.7 Å². The van der Waals surface area contributed by atoms with Crippen molar-refractivity contribution in [2.75, 3.05) is 7.11 Å². The minimum Gasteiger partial charge on any atom is -0.506 e. The van der Waals surface area contributed by atoms with Crippen LogP contribution in [0.2, 0.25) is 5.02 Å². The van der Waals surface area contributed by atoms with Crippen molar-refractivity contribution in [3.8, 4) is 11.5 Å². The Kier molecular flexibility index (Phi) is 3.54. The Morgan fingerprint density at radius 2 is 2.00 bits per heavy atom. The molecule has 16 heavy (non-hydrogen) atoms. The van der Waals surface area contributed by atoms with Crippen LogP contribution in [0.3, 0.4) is 0 Å². The zero-order valence-corrected chi connectivity index (χ0v) is 8.93. The minimum absolute atomic E-state index is 0.160. The number of ether oxygens (including phenoxy) is 1. The predicted molar refractivity (Wildman–Crippen MR) is 52.7 cm³/mol. The van der Waals surface area contributed by atoms with Crippen LogP contribution >= 0.6 is 11.6 Å². The van der Waals surface area contributed by atoms with Crippen LogP contribution in [0.15, 0.2) is 12.1 Å². The molecule has 0 heterocycles. The molecule has 0 spiro atoms. The van der Waals surface area contributed by atoms with Crippen LogP contribution < -0.4 is 10.5 Å². The summed E-state index contributed by atoms with van der Waals surface area (Å²) in [4.78, 5) is 0. The summed E-state index contributed by atoms with van der Waals surface area (Å²) in [6.07, 6.45) is -4.69. The number of hydrogen-bond donors (Lipinski definition) is 2. The summed E-state index contributed by atoms with van der Waals surface area (Å²) < 4.78 is 42.0. The molecule has 7 heteroatoms. The fourth-order valence-electron chi connectivity index (χ4n) is 1.21. The van der Waals surface area contributed by atoms with E-state index >= 15 is 0 Å². The van der Waals surface area contributed by atoms with E-state index in [-0.39, 0.29) is 10.8 Å². The van der Waals surface area contributed by atoms with Crippen molar-refractivity contribution in [3.63, 3.8) is 0 Å². The molecule has 0 aliphatic carbocycles. The van der Waals surface area contributed by atoms with E-state index in [0.717, 1.165) is 0 Å². The van der Waals surface area contributed by atoms with Crippen molar-refractivity contribution in [1.29, 1.82) is 0 Å². The fraction of sp³-hybridized carbons (Fsp3) is 0.333. The van der Waals surface area contributed by atoms with Crippen molar-refractivity contribution < 1.29 is 23.0 Å². The average Bonchev–Trinajstić information content (AvgIpc) is 2.19. The Morgan fingerprint density at radius 1 is 1.44 bits per heavy atom. The van der Waals surface area contributed by atoms with E-state index in [0.29, 0.717) is 0 Å². The number of aromatic hydroxyl groups is 1. The van der Waals surface area contributed by atoms with E-state index < -0.39 is 23.5 Å². The molecule has 0 aliphatic heterocycles. The molecule has 0 amide bonds. The van der Waals surface area contributed by atoms with Gasteiger partial charge in [0.1, 0.15) is 17.5 Å². The summed E-state index contributed by atoms with van der Waals surface area (Å²) in [5.41, 5.74) is 4.43. The lowest BCUT2D eigenvalue weighted by Crippen LogP contribution is -2.29. The lowest BCUT2D eigenvalue weighted by Gasteiger charge is -2.20. The van der Waals surface area contributed by atoms with Crippen molar-refractivity contribution in [2.24, 2.45) is 5.73 Å². The first-order valence-electron chi connectivity index (χ1n) is 4.16. The summed E-state index contributed by atoms with van der Waals surface area (Å²) in [5.74, 6) is -0.877. The molecule has 0 radical (unpaired) electrons. The number of phenolic OH excluding ortho intramolecular Hbond substituents is 1. The lowest BCUT2D eigenvalue weighted by atomic mass is 10.0. The SMILES string of the molecule is COc1ccc(Cl)c(O)c1[C@@H](N)C(F)(F)F. The quantitative estimate of drug-likeness (QED) is 0.854. The van der Waals surface area contributed by atoms with Gasteiger partial charge in [-0.1, -0.05) is 11.6 Å². The molecule has 1 rings (SSSR count). The smallest absolute Gasteiger partial charge is 0.407 e. The number of phenols is 1. The van der Waals surface area contributed by atoms with Gasteiger partial charge < -0.3 is 15.6 Å². The average molecular weight is 256 g/mol. The lowest BCUT2D eigenvalue weighted by molar-refractivity contribution is -0.149. The largest absolute Gasteiger partial charge is 0.506 e. The number of benzene rings is 1. The zero-order valence-electron chi connectivity index (χ0n) is 8.18. The Balaban J connectivity index is 3.35. The summed E-state index contributed by atoms with van der Waals surface area (Å²) >= 11 is 5.51. The summed E-state index contributed by atoms with van der Waals surface area (Å²) in [7, 11) is 1.18. The highest BCUT2D eigenvalue weighted by atomic mass is 35.5. The standard InChI is InChI=1S/C9H9ClF3NO2/c1-16-5-3-2-4(10)7(15)6(5)8(14)9(11,12)13/h2-3,8,15H,14H2,1H3/t8-/m1/s1. The number of rotatable bonds is 2. The van der Waals surface area contributed by atoms with E-state index in [4.69, 9.17) is 22.1 Å². The van der Waals surface area contributed by atoms with E-state index in [1.807, 2.05) is 0 Å².